The van der Waals surface area contributed by atoms with E-state index in [-0.39, 0.29) is 11.3 Å². The second-order valence-corrected chi connectivity index (χ2v) is 5.55. The largest absolute Gasteiger partial charge is 0.463 e. The Hall–Kier alpha value is -2.76. The first-order valence-corrected chi connectivity index (χ1v) is 7.20. The standard InChI is InChI=1S/C18H14F3NO2/c1-3-17(2)22(13-7-5-4-6-8-13)16(23)14-10-9-12(18(19,20)21)11-15(14)24-17/h3-11H,1H2,2H3. The Labute approximate surface area is 137 Å². The second-order valence-electron chi connectivity index (χ2n) is 5.55. The van der Waals surface area contributed by atoms with Gasteiger partial charge in [-0.3, -0.25) is 9.69 Å². The number of benzene rings is 2. The van der Waals surface area contributed by atoms with Crippen LogP contribution in [-0.2, 0) is 6.18 Å². The van der Waals surface area contributed by atoms with Gasteiger partial charge in [-0.05, 0) is 43.3 Å². The molecule has 124 valence electrons. The molecule has 0 aliphatic carbocycles. The van der Waals surface area contributed by atoms with Gasteiger partial charge in [-0.15, -0.1) is 0 Å². The monoisotopic (exact) mass is 333 g/mol. The van der Waals surface area contributed by atoms with E-state index in [4.69, 9.17) is 4.74 Å². The number of carbonyl (C=O) groups excluding carboxylic acids is 1. The number of carbonyl (C=O) groups is 1. The normalized spacial score (nSPS) is 20.3. The number of amides is 1. The highest BCUT2D eigenvalue weighted by Gasteiger charge is 2.43. The van der Waals surface area contributed by atoms with E-state index < -0.39 is 23.4 Å². The quantitative estimate of drug-likeness (QED) is 0.749. The minimum Gasteiger partial charge on any atom is -0.463 e. The summed E-state index contributed by atoms with van der Waals surface area (Å²) < 4.78 is 44.4. The lowest BCUT2D eigenvalue weighted by Crippen LogP contribution is -2.56. The molecular formula is C18H14F3NO2. The van der Waals surface area contributed by atoms with Crippen molar-refractivity contribution in [2.75, 3.05) is 4.90 Å². The van der Waals surface area contributed by atoms with Gasteiger partial charge in [0.2, 0.25) is 5.72 Å². The zero-order valence-electron chi connectivity index (χ0n) is 12.8. The van der Waals surface area contributed by atoms with Crippen molar-refractivity contribution < 1.29 is 22.7 Å². The zero-order valence-corrected chi connectivity index (χ0v) is 12.8. The van der Waals surface area contributed by atoms with Gasteiger partial charge in [0, 0.05) is 5.69 Å². The molecular weight excluding hydrogens is 319 g/mol. The maximum absolute atomic E-state index is 12.9. The third-order valence-electron chi connectivity index (χ3n) is 3.90. The molecule has 0 N–H and O–H groups in total. The molecule has 6 heteroatoms. The zero-order chi connectivity index (χ0) is 17.5. The second kappa shape index (κ2) is 5.40. The Morgan fingerprint density at radius 3 is 2.42 bits per heavy atom. The summed E-state index contributed by atoms with van der Waals surface area (Å²) in [5, 5.41) is 0. The van der Waals surface area contributed by atoms with Gasteiger partial charge in [0.05, 0.1) is 11.1 Å². The van der Waals surface area contributed by atoms with Crippen molar-refractivity contribution in [1.82, 2.24) is 0 Å². The molecule has 0 radical (unpaired) electrons. The van der Waals surface area contributed by atoms with E-state index in [1.807, 2.05) is 0 Å². The Balaban J connectivity index is 2.14. The number of hydrogen-bond donors (Lipinski definition) is 0. The van der Waals surface area contributed by atoms with Crippen molar-refractivity contribution in [2.24, 2.45) is 0 Å². The van der Waals surface area contributed by atoms with Gasteiger partial charge < -0.3 is 4.74 Å². The molecule has 2 aromatic rings. The van der Waals surface area contributed by atoms with Gasteiger partial charge in [-0.1, -0.05) is 24.8 Å². The summed E-state index contributed by atoms with van der Waals surface area (Å²) in [6.07, 6.45) is -3.12. The van der Waals surface area contributed by atoms with Crippen LogP contribution in [0.1, 0.15) is 22.8 Å². The highest BCUT2D eigenvalue weighted by atomic mass is 19.4. The number of ether oxygens (including phenoxy) is 1. The first-order chi connectivity index (χ1) is 11.3. The van der Waals surface area contributed by atoms with E-state index in [9.17, 15) is 18.0 Å². The summed E-state index contributed by atoms with van der Waals surface area (Å²) in [5.41, 5.74) is -1.52. The number of halogens is 3. The summed E-state index contributed by atoms with van der Waals surface area (Å²) in [6, 6.07) is 11.6. The van der Waals surface area contributed by atoms with Crippen LogP contribution in [0.4, 0.5) is 18.9 Å². The number of fused-ring (bicyclic) bond motifs is 1. The van der Waals surface area contributed by atoms with Crippen molar-refractivity contribution >= 4 is 11.6 Å². The van der Waals surface area contributed by atoms with Crippen molar-refractivity contribution in [2.45, 2.75) is 18.8 Å². The predicted octanol–water partition coefficient (Wildman–Crippen LogP) is 4.65. The molecule has 1 aliphatic heterocycles. The number of alkyl halides is 3. The molecule has 0 spiro atoms. The number of hydrogen-bond acceptors (Lipinski definition) is 2. The molecule has 1 amide bonds. The topological polar surface area (TPSA) is 29.5 Å². The van der Waals surface area contributed by atoms with Crippen LogP contribution in [-0.4, -0.2) is 11.6 Å². The van der Waals surface area contributed by atoms with Crippen LogP contribution in [0.3, 0.4) is 0 Å². The first kappa shape index (κ1) is 16.1. The van der Waals surface area contributed by atoms with Crippen molar-refractivity contribution in [3.05, 3.63) is 72.3 Å². The van der Waals surface area contributed by atoms with Crippen LogP contribution >= 0.6 is 0 Å². The van der Waals surface area contributed by atoms with Gasteiger partial charge >= 0.3 is 6.18 Å². The molecule has 0 bridgehead atoms. The van der Waals surface area contributed by atoms with Gasteiger partial charge in [0.15, 0.2) is 0 Å². The van der Waals surface area contributed by atoms with E-state index in [1.165, 1.54) is 11.0 Å². The Morgan fingerprint density at radius 2 is 1.83 bits per heavy atom. The van der Waals surface area contributed by atoms with Crippen LogP contribution in [0.2, 0.25) is 0 Å². The van der Waals surface area contributed by atoms with E-state index >= 15 is 0 Å². The lowest BCUT2D eigenvalue weighted by atomic mass is 10.0. The van der Waals surface area contributed by atoms with Crippen molar-refractivity contribution in [1.29, 1.82) is 0 Å². The van der Waals surface area contributed by atoms with Crippen molar-refractivity contribution in [3.63, 3.8) is 0 Å². The number of para-hydroxylation sites is 1. The molecule has 0 fully saturated rings. The number of rotatable bonds is 2. The molecule has 1 unspecified atom stereocenters. The minimum atomic E-state index is -4.51. The van der Waals surface area contributed by atoms with E-state index in [2.05, 4.69) is 6.58 Å². The first-order valence-electron chi connectivity index (χ1n) is 7.20. The molecule has 3 rings (SSSR count). The average molecular weight is 333 g/mol. The fourth-order valence-electron chi connectivity index (χ4n) is 2.63. The van der Waals surface area contributed by atoms with Crippen LogP contribution < -0.4 is 9.64 Å². The van der Waals surface area contributed by atoms with Gasteiger partial charge in [-0.25, -0.2) is 0 Å². The summed E-state index contributed by atoms with van der Waals surface area (Å²) >= 11 is 0. The van der Waals surface area contributed by atoms with E-state index in [1.54, 1.807) is 37.3 Å². The molecule has 0 aromatic heterocycles. The molecule has 1 atom stereocenters. The van der Waals surface area contributed by atoms with Gasteiger partial charge in [0.25, 0.3) is 5.91 Å². The summed E-state index contributed by atoms with van der Waals surface area (Å²) in [5.74, 6) is -0.553. The minimum absolute atomic E-state index is 0.0752. The molecule has 2 aromatic carbocycles. The average Bonchev–Trinajstić information content (AvgIpc) is 2.54. The number of nitrogens with zero attached hydrogens (tertiary/aromatic N) is 1. The van der Waals surface area contributed by atoms with Gasteiger partial charge in [0.1, 0.15) is 5.75 Å². The highest BCUT2D eigenvalue weighted by molar-refractivity contribution is 6.10. The molecule has 1 aliphatic rings. The third-order valence-corrected chi connectivity index (χ3v) is 3.90. The van der Waals surface area contributed by atoms with Crippen LogP contribution in [0.5, 0.6) is 5.75 Å². The van der Waals surface area contributed by atoms with E-state index in [0.29, 0.717) is 5.69 Å². The maximum Gasteiger partial charge on any atom is 0.416 e. The third kappa shape index (κ3) is 2.54. The summed E-state index contributed by atoms with van der Waals surface area (Å²) in [6.45, 7) is 5.25. The number of anilines is 1. The lowest BCUT2D eigenvalue weighted by molar-refractivity contribution is -0.137. The van der Waals surface area contributed by atoms with Crippen LogP contribution in [0.25, 0.3) is 0 Å². The Bertz CT molecular complexity index is 802. The molecule has 3 nitrogen and oxygen atoms in total. The molecule has 1 heterocycles. The SMILES string of the molecule is C=CC1(C)Oc2cc(C(F)(F)F)ccc2C(=O)N1c1ccccc1. The lowest BCUT2D eigenvalue weighted by Gasteiger charge is -2.43. The smallest absolute Gasteiger partial charge is 0.416 e. The molecule has 0 saturated carbocycles. The van der Waals surface area contributed by atoms with E-state index in [0.717, 1.165) is 18.2 Å². The van der Waals surface area contributed by atoms with Crippen molar-refractivity contribution in [3.8, 4) is 5.75 Å². The van der Waals surface area contributed by atoms with Crippen LogP contribution in [0.15, 0.2) is 61.2 Å². The Kier molecular flexibility index (Phi) is 3.63. The molecule has 0 saturated heterocycles. The molecule has 24 heavy (non-hydrogen) atoms. The fourth-order valence-corrected chi connectivity index (χ4v) is 2.63. The predicted molar refractivity (Wildman–Crippen MR) is 83.9 cm³/mol. The maximum atomic E-state index is 12.9. The van der Waals surface area contributed by atoms with Gasteiger partial charge in [-0.2, -0.15) is 13.2 Å². The Morgan fingerprint density at radius 1 is 1.17 bits per heavy atom. The fraction of sp³-hybridized carbons (Fsp3) is 0.167. The summed E-state index contributed by atoms with van der Waals surface area (Å²) in [4.78, 5) is 14.2. The summed E-state index contributed by atoms with van der Waals surface area (Å²) in [7, 11) is 0. The highest BCUT2D eigenvalue weighted by Crippen LogP contribution is 2.40. The van der Waals surface area contributed by atoms with Crippen LogP contribution in [0, 0.1) is 0 Å².